The van der Waals surface area contributed by atoms with Crippen molar-refractivity contribution >= 4 is 5.91 Å². The Bertz CT molecular complexity index is 745. The molecule has 0 saturated heterocycles. The van der Waals surface area contributed by atoms with Crippen LogP contribution in [0, 0.1) is 0 Å². The Morgan fingerprint density at radius 1 is 0.800 bits per heavy atom. The first kappa shape index (κ1) is 18.4. The summed E-state index contributed by atoms with van der Waals surface area (Å²) in [6.07, 6.45) is 0. The van der Waals surface area contributed by atoms with Gasteiger partial charge in [-0.15, -0.1) is 0 Å². The van der Waals surface area contributed by atoms with Crippen LogP contribution in [0.3, 0.4) is 0 Å². The van der Waals surface area contributed by atoms with Gasteiger partial charge in [-0.05, 0) is 42.8 Å². The molecular weight excluding hydrogens is 322 g/mol. The first-order valence-electron chi connectivity index (χ1n) is 7.78. The summed E-state index contributed by atoms with van der Waals surface area (Å²) in [5.41, 5.74) is 1.40. The van der Waals surface area contributed by atoms with Gasteiger partial charge in [-0.25, -0.2) is 0 Å². The van der Waals surface area contributed by atoms with Gasteiger partial charge in [0.2, 0.25) is 0 Å². The van der Waals surface area contributed by atoms with Crippen LogP contribution in [0.4, 0.5) is 0 Å². The second kappa shape index (κ2) is 8.28. The normalized spacial score (nSPS) is 11.4. The number of nitrogens with one attached hydrogen (secondary N) is 1. The second-order valence-corrected chi connectivity index (χ2v) is 5.38. The molecule has 0 aliphatic carbocycles. The average molecular weight is 345 g/mol. The smallest absolute Gasteiger partial charge is 0.251 e. The summed E-state index contributed by atoms with van der Waals surface area (Å²) < 4.78 is 21.0. The minimum absolute atomic E-state index is 0.205. The number of hydrogen-bond acceptors (Lipinski definition) is 5. The standard InChI is InChI=1S/C19H23NO5/c1-12(13-6-8-15(22-2)17(10-13)24-4)20-19(21)14-7-9-16(23-3)18(11-14)25-5/h6-12H,1-5H3,(H,20,21)/t12-/m1/s1. The molecule has 0 bridgehead atoms. The Hall–Kier alpha value is -2.89. The average Bonchev–Trinajstić information content (AvgIpc) is 2.66. The topological polar surface area (TPSA) is 66.0 Å². The van der Waals surface area contributed by atoms with E-state index in [0.717, 1.165) is 5.56 Å². The number of hydrogen-bond donors (Lipinski definition) is 1. The van der Waals surface area contributed by atoms with E-state index in [9.17, 15) is 4.79 Å². The highest BCUT2D eigenvalue weighted by atomic mass is 16.5. The lowest BCUT2D eigenvalue weighted by molar-refractivity contribution is 0.0939. The van der Waals surface area contributed by atoms with Crippen molar-refractivity contribution in [3.63, 3.8) is 0 Å². The third kappa shape index (κ3) is 4.15. The van der Waals surface area contributed by atoms with Gasteiger partial charge in [0.1, 0.15) is 0 Å². The van der Waals surface area contributed by atoms with Crippen molar-refractivity contribution in [2.24, 2.45) is 0 Å². The fourth-order valence-electron chi connectivity index (χ4n) is 2.46. The number of benzene rings is 2. The molecule has 0 spiro atoms. The van der Waals surface area contributed by atoms with E-state index < -0.39 is 0 Å². The third-order valence-electron chi connectivity index (χ3n) is 3.90. The lowest BCUT2D eigenvalue weighted by atomic mass is 10.1. The zero-order valence-corrected chi connectivity index (χ0v) is 15.1. The Labute approximate surface area is 147 Å². The van der Waals surface area contributed by atoms with Crippen molar-refractivity contribution in [2.75, 3.05) is 28.4 Å². The van der Waals surface area contributed by atoms with E-state index in [1.807, 2.05) is 25.1 Å². The van der Waals surface area contributed by atoms with Crippen molar-refractivity contribution in [1.82, 2.24) is 5.32 Å². The van der Waals surface area contributed by atoms with Gasteiger partial charge in [0, 0.05) is 5.56 Å². The van der Waals surface area contributed by atoms with E-state index in [0.29, 0.717) is 28.6 Å². The molecule has 2 rings (SSSR count). The van der Waals surface area contributed by atoms with Crippen molar-refractivity contribution < 1.29 is 23.7 Å². The first-order chi connectivity index (χ1) is 12.0. The molecule has 1 N–H and O–H groups in total. The molecule has 25 heavy (non-hydrogen) atoms. The summed E-state index contributed by atoms with van der Waals surface area (Å²) >= 11 is 0. The molecule has 2 aromatic rings. The maximum absolute atomic E-state index is 12.5. The van der Waals surface area contributed by atoms with Crippen molar-refractivity contribution in [2.45, 2.75) is 13.0 Å². The molecule has 0 unspecified atom stereocenters. The predicted molar refractivity (Wildman–Crippen MR) is 95.0 cm³/mol. The van der Waals surface area contributed by atoms with Gasteiger partial charge >= 0.3 is 0 Å². The predicted octanol–water partition coefficient (Wildman–Crippen LogP) is 3.21. The summed E-state index contributed by atoms with van der Waals surface area (Å²) in [4.78, 5) is 12.5. The molecule has 134 valence electrons. The molecule has 0 aromatic heterocycles. The minimum atomic E-state index is -0.208. The van der Waals surface area contributed by atoms with Crippen LogP contribution in [0.15, 0.2) is 36.4 Å². The molecule has 0 heterocycles. The van der Waals surface area contributed by atoms with Crippen LogP contribution in [0.5, 0.6) is 23.0 Å². The number of carbonyl (C=O) groups is 1. The highest BCUT2D eigenvalue weighted by molar-refractivity contribution is 5.95. The van der Waals surface area contributed by atoms with E-state index in [2.05, 4.69) is 5.32 Å². The summed E-state index contributed by atoms with van der Waals surface area (Å²) in [7, 11) is 6.25. The van der Waals surface area contributed by atoms with Gasteiger partial charge in [0.15, 0.2) is 23.0 Å². The second-order valence-electron chi connectivity index (χ2n) is 5.38. The molecule has 0 radical (unpaired) electrons. The summed E-state index contributed by atoms with van der Waals surface area (Å²) in [5, 5.41) is 2.96. The molecule has 6 heteroatoms. The van der Waals surface area contributed by atoms with Crippen molar-refractivity contribution in [1.29, 1.82) is 0 Å². The fraction of sp³-hybridized carbons (Fsp3) is 0.316. The zero-order chi connectivity index (χ0) is 18.4. The number of rotatable bonds is 7. The molecule has 0 aliphatic rings. The van der Waals surface area contributed by atoms with Crippen LogP contribution in [0.25, 0.3) is 0 Å². The quantitative estimate of drug-likeness (QED) is 0.835. The number of ether oxygens (including phenoxy) is 4. The number of amides is 1. The Balaban J connectivity index is 2.17. The molecule has 0 saturated carbocycles. The van der Waals surface area contributed by atoms with E-state index in [1.54, 1.807) is 39.5 Å². The maximum Gasteiger partial charge on any atom is 0.251 e. The number of carbonyl (C=O) groups excluding carboxylic acids is 1. The third-order valence-corrected chi connectivity index (χ3v) is 3.90. The lowest BCUT2D eigenvalue weighted by Crippen LogP contribution is -2.26. The Morgan fingerprint density at radius 3 is 1.88 bits per heavy atom. The molecule has 1 atom stereocenters. The fourth-order valence-corrected chi connectivity index (χ4v) is 2.46. The molecule has 0 fully saturated rings. The van der Waals surface area contributed by atoms with E-state index in [4.69, 9.17) is 18.9 Å². The van der Waals surface area contributed by atoms with E-state index in [1.165, 1.54) is 7.11 Å². The van der Waals surface area contributed by atoms with E-state index in [-0.39, 0.29) is 11.9 Å². The summed E-state index contributed by atoms with van der Waals surface area (Å²) in [5.74, 6) is 2.14. The van der Waals surface area contributed by atoms with Gasteiger partial charge in [-0.2, -0.15) is 0 Å². The van der Waals surface area contributed by atoms with Crippen LogP contribution in [-0.4, -0.2) is 34.3 Å². The van der Waals surface area contributed by atoms with Gasteiger partial charge in [-0.3, -0.25) is 4.79 Å². The Morgan fingerprint density at radius 2 is 1.32 bits per heavy atom. The van der Waals surface area contributed by atoms with Gasteiger partial charge in [0.25, 0.3) is 5.91 Å². The highest BCUT2D eigenvalue weighted by Crippen LogP contribution is 2.30. The number of methoxy groups -OCH3 is 4. The van der Waals surface area contributed by atoms with Crippen molar-refractivity contribution in [3.05, 3.63) is 47.5 Å². The lowest BCUT2D eigenvalue weighted by Gasteiger charge is -2.17. The van der Waals surface area contributed by atoms with Crippen molar-refractivity contribution in [3.8, 4) is 23.0 Å². The van der Waals surface area contributed by atoms with Gasteiger partial charge < -0.3 is 24.3 Å². The first-order valence-corrected chi connectivity index (χ1v) is 7.78. The van der Waals surface area contributed by atoms with Crippen LogP contribution in [0.1, 0.15) is 28.9 Å². The summed E-state index contributed by atoms with van der Waals surface area (Å²) in [6.45, 7) is 1.90. The molecule has 1 amide bonds. The Kier molecular flexibility index (Phi) is 6.11. The minimum Gasteiger partial charge on any atom is -0.493 e. The molecule has 6 nitrogen and oxygen atoms in total. The molecule has 0 aliphatic heterocycles. The van der Waals surface area contributed by atoms with Crippen LogP contribution in [0.2, 0.25) is 0 Å². The van der Waals surface area contributed by atoms with Crippen LogP contribution in [-0.2, 0) is 0 Å². The monoisotopic (exact) mass is 345 g/mol. The SMILES string of the molecule is COc1ccc(C(=O)N[C@H](C)c2ccc(OC)c(OC)c2)cc1OC. The zero-order valence-electron chi connectivity index (χ0n) is 15.1. The largest absolute Gasteiger partial charge is 0.493 e. The van der Waals surface area contributed by atoms with E-state index >= 15 is 0 Å². The molecule has 2 aromatic carbocycles. The molecular formula is C19H23NO5. The van der Waals surface area contributed by atoms with Gasteiger partial charge in [0.05, 0.1) is 34.5 Å². The van der Waals surface area contributed by atoms with Gasteiger partial charge in [-0.1, -0.05) is 6.07 Å². The maximum atomic E-state index is 12.5. The highest BCUT2D eigenvalue weighted by Gasteiger charge is 2.15. The van der Waals surface area contributed by atoms with Crippen LogP contribution < -0.4 is 24.3 Å². The van der Waals surface area contributed by atoms with Crippen LogP contribution >= 0.6 is 0 Å². The summed E-state index contributed by atoms with van der Waals surface area (Å²) in [6, 6.07) is 10.4.